The minimum Gasteiger partial charge on any atom is -0.458 e. The van der Waals surface area contributed by atoms with Gasteiger partial charge in [0.1, 0.15) is 22.7 Å². The highest BCUT2D eigenvalue weighted by Gasteiger charge is 2.46. The fourth-order valence-corrected chi connectivity index (χ4v) is 12.8. The Hall–Kier alpha value is -8.67. The third kappa shape index (κ3) is 7.23. The van der Waals surface area contributed by atoms with Crippen molar-refractivity contribution in [3.05, 3.63) is 235 Å². The van der Waals surface area contributed by atoms with Crippen molar-refractivity contribution in [2.75, 3.05) is 14.7 Å². The molecule has 0 fully saturated rings. The molecule has 4 heterocycles. The van der Waals surface area contributed by atoms with Crippen LogP contribution in [-0.2, 0) is 0 Å². The molecule has 14 rings (SSSR count). The van der Waals surface area contributed by atoms with Gasteiger partial charge in [-0.1, -0.05) is 174 Å². The largest absolute Gasteiger partial charge is 0.458 e. The Morgan fingerprint density at radius 3 is 1.61 bits per heavy atom. The van der Waals surface area contributed by atoms with Crippen molar-refractivity contribution in [2.45, 2.75) is 59.3 Å². The number of benzene rings is 10. The fourth-order valence-electron chi connectivity index (χ4n) is 12.8. The van der Waals surface area contributed by atoms with E-state index in [9.17, 15) is 0 Å². The maximum Gasteiger partial charge on any atom is 0.252 e. The monoisotopic (exact) mass is 981 g/mol. The first kappa shape index (κ1) is 45.9. The second-order valence-corrected chi connectivity index (χ2v) is 21.8. The van der Waals surface area contributed by atoms with Crippen LogP contribution < -0.4 is 52.2 Å². The number of furan rings is 1. The minimum absolute atomic E-state index is 0.0640. The molecule has 0 aliphatic carbocycles. The summed E-state index contributed by atoms with van der Waals surface area (Å²) in [6.45, 7) is 13.9. The Morgan fingerprint density at radius 2 is 0.934 bits per heavy atom. The van der Waals surface area contributed by atoms with Crippen molar-refractivity contribution < 1.29 is 9.15 Å². The van der Waals surface area contributed by atoms with E-state index in [2.05, 4.69) is 269 Å². The van der Waals surface area contributed by atoms with Gasteiger partial charge in [-0.25, -0.2) is 0 Å². The van der Waals surface area contributed by atoms with Gasteiger partial charge in [0.15, 0.2) is 0 Å². The van der Waals surface area contributed by atoms with Crippen LogP contribution in [0.1, 0.15) is 76.0 Å². The molecule has 1 aromatic heterocycles. The van der Waals surface area contributed by atoms with E-state index in [1.54, 1.807) is 0 Å². The standard InChI is InChI=1S/C69H57B2N3O2/c1-43(2)46-36-54(44(3)4)68(55(37-46)45(5)6)71-57-30-18-21-33-65(57)76-67-42-61-58(41-59(67)71)70-56-29-17-19-31-60(56)74(50-34-35-53-52-28-16-20-32-64(52)75-66(53)40-50)63-39-51(38-62(69(63)70)73(61)49-26-14-9-15-27-49)72(47-22-10-7-11-23-47)48-24-12-8-13-25-48/h7-45H,1-6H3. The lowest BCUT2D eigenvalue weighted by molar-refractivity contribution is 0.487. The number of ether oxygens (including phenoxy) is 1. The van der Waals surface area contributed by atoms with Gasteiger partial charge in [-0.05, 0) is 141 Å². The van der Waals surface area contributed by atoms with Crippen LogP contribution in [0.3, 0.4) is 0 Å². The van der Waals surface area contributed by atoms with E-state index in [1.165, 1.54) is 49.5 Å². The van der Waals surface area contributed by atoms with Crippen molar-refractivity contribution in [1.82, 2.24) is 0 Å². The normalized spacial score (nSPS) is 13.2. The van der Waals surface area contributed by atoms with Crippen LogP contribution in [0.15, 0.2) is 223 Å². The van der Waals surface area contributed by atoms with Crippen LogP contribution in [-0.4, -0.2) is 13.4 Å². The molecule has 3 aliphatic heterocycles. The Morgan fingerprint density at radius 1 is 0.368 bits per heavy atom. The predicted molar refractivity (Wildman–Crippen MR) is 322 cm³/mol. The highest BCUT2D eigenvalue weighted by Crippen LogP contribution is 2.49. The molecule has 7 heteroatoms. The quantitative estimate of drug-likeness (QED) is 0.135. The van der Waals surface area contributed by atoms with Crippen LogP contribution in [0.2, 0.25) is 0 Å². The molecule has 0 saturated carbocycles. The van der Waals surface area contributed by atoms with Gasteiger partial charge < -0.3 is 23.9 Å². The molecule has 0 atom stereocenters. The Bertz CT molecular complexity index is 3990. The number of para-hydroxylation sites is 6. The lowest BCUT2D eigenvalue weighted by Gasteiger charge is -2.45. The minimum atomic E-state index is -0.140. The SMILES string of the molecule is CC(C)c1cc(C(C)C)c(B2c3ccccc3Oc3cc4c(cc32)B2c3ccccc3N(c3ccc5c(c3)oc3ccccc35)c3cc(N(c5ccccc5)c5ccccc5)cc(c32)N4c2ccccc2)c(C(C)C)c1. The van der Waals surface area contributed by atoms with Crippen molar-refractivity contribution in [3.63, 3.8) is 0 Å². The van der Waals surface area contributed by atoms with Gasteiger partial charge in [-0.3, -0.25) is 0 Å². The van der Waals surface area contributed by atoms with Crippen molar-refractivity contribution in [1.29, 1.82) is 0 Å². The van der Waals surface area contributed by atoms with E-state index in [1.807, 2.05) is 6.07 Å². The summed E-state index contributed by atoms with van der Waals surface area (Å²) in [5.74, 6) is 2.82. The third-order valence-electron chi connectivity index (χ3n) is 16.2. The average Bonchev–Trinajstić information content (AvgIpc) is 3.82. The molecule has 3 aliphatic rings. The van der Waals surface area contributed by atoms with Gasteiger partial charge in [0.2, 0.25) is 0 Å². The van der Waals surface area contributed by atoms with Crippen LogP contribution in [0.5, 0.6) is 11.5 Å². The van der Waals surface area contributed by atoms with Crippen LogP contribution >= 0.6 is 0 Å². The second-order valence-electron chi connectivity index (χ2n) is 21.8. The molecule has 0 N–H and O–H groups in total. The number of anilines is 9. The Kier molecular flexibility index (Phi) is 10.9. The van der Waals surface area contributed by atoms with E-state index in [0.717, 1.165) is 84.6 Å². The first-order chi connectivity index (χ1) is 37.2. The van der Waals surface area contributed by atoms with E-state index in [0.29, 0.717) is 17.8 Å². The van der Waals surface area contributed by atoms with E-state index >= 15 is 0 Å². The Labute approximate surface area is 446 Å². The molecule has 5 nitrogen and oxygen atoms in total. The van der Waals surface area contributed by atoms with Gasteiger partial charge >= 0.3 is 0 Å². The molecule has 10 aromatic carbocycles. The zero-order chi connectivity index (χ0) is 51.3. The lowest BCUT2D eigenvalue weighted by atomic mass is 9.30. The van der Waals surface area contributed by atoms with E-state index < -0.39 is 0 Å². The predicted octanol–water partition coefficient (Wildman–Crippen LogP) is 15.1. The molecule has 0 unspecified atom stereocenters. The van der Waals surface area contributed by atoms with Crippen molar-refractivity contribution in [2.24, 2.45) is 0 Å². The van der Waals surface area contributed by atoms with Gasteiger partial charge in [0.25, 0.3) is 13.4 Å². The van der Waals surface area contributed by atoms with Crippen molar-refractivity contribution in [3.8, 4) is 11.5 Å². The summed E-state index contributed by atoms with van der Waals surface area (Å²) >= 11 is 0. The Balaban J connectivity index is 1.09. The zero-order valence-corrected chi connectivity index (χ0v) is 43.8. The summed E-state index contributed by atoms with van der Waals surface area (Å²) in [5.41, 5.74) is 23.2. The summed E-state index contributed by atoms with van der Waals surface area (Å²) in [4.78, 5) is 7.39. The number of fused-ring (bicyclic) bond motifs is 9. The van der Waals surface area contributed by atoms with E-state index in [-0.39, 0.29) is 13.4 Å². The molecular weight excluding hydrogens is 924 g/mol. The first-order valence-corrected chi connectivity index (χ1v) is 27.1. The number of hydrogen-bond acceptors (Lipinski definition) is 5. The molecule has 0 radical (unpaired) electrons. The van der Waals surface area contributed by atoms with Crippen LogP contribution in [0.4, 0.5) is 51.2 Å². The van der Waals surface area contributed by atoms with E-state index in [4.69, 9.17) is 9.15 Å². The van der Waals surface area contributed by atoms with Gasteiger partial charge in [-0.15, -0.1) is 0 Å². The summed E-state index contributed by atoms with van der Waals surface area (Å²) in [6, 6.07) is 80.2. The summed E-state index contributed by atoms with van der Waals surface area (Å²) in [5, 5.41) is 2.22. The summed E-state index contributed by atoms with van der Waals surface area (Å²) in [7, 11) is 0. The highest BCUT2D eigenvalue weighted by atomic mass is 16.5. The smallest absolute Gasteiger partial charge is 0.252 e. The number of hydrogen-bond donors (Lipinski definition) is 0. The summed E-state index contributed by atoms with van der Waals surface area (Å²) in [6.07, 6.45) is 0. The number of nitrogens with zero attached hydrogens (tertiary/aromatic N) is 3. The molecule has 0 saturated heterocycles. The first-order valence-electron chi connectivity index (χ1n) is 27.1. The highest BCUT2D eigenvalue weighted by molar-refractivity contribution is 7.02. The maximum absolute atomic E-state index is 7.26. The molecule has 76 heavy (non-hydrogen) atoms. The lowest BCUT2D eigenvalue weighted by Crippen LogP contribution is -2.63. The average molecular weight is 982 g/mol. The van der Waals surface area contributed by atoms with Gasteiger partial charge in [-0.2, -0.15) is 0 Å². The molecule has 0 amide bonds. The zero-order valence-electron chi connectivity index (χ0n) is 43.8. The third-order valence-corrected chi connectivity index (χ3v) is 16.2. The summed E-state index contributed by atoms with van der Waals surface area (Å²) < 4.78 is 13.9. The van der Waals surface area contributed by atoms with Gasteiger partial charge in [0.05, 0.1) is 5.69 Å². The van der Waals surface area contributed by atoms with Crippen molar-refractivity contribution >= 4 is 119 Å². The topological polar surface area (TPSA) is 32.1 Å². The second kappa shape index (κ2) is 18.0. The molecule has 0 spiro atoms. The van der Waals surface area contributed by atoms with Crippen LogP contribution in [0.25, 0.3) is 21.9 Å². The van der Waals surface area contributed by atoms with Crippen LogP contribution in [0, 0.1) is 0 Å². The molecular formula is C69H57B2N3O2. The maximum atomic E-state index is 7.26. The fraction of sp³-hybridized carbons (Fsp3) is 0.130. The van der Waals surface area contributed by atoms with Gasteiger partial charge in [0, 0.05) is 68.4 Å². The molecule has 366 valence electrons. The molecule has 0 bridgehead atoms. The molecule has 11 aromatic rings. The number of rotatable bonds is 9.